The Morgan fingerprint density at radius 2 is 1.89 bits per heavy atom. The Kier molecular flexibility index (Phi) is 7.40. The molecule has 4 aromatic rings. The molecule has 0 bridgehead atoms. The molecule has 0 saturated carbocycles. The lowest BCUT2D eigenvalue weighted by Gasteiger charge is -2.16. The second-order valence-corrected chi connectivity index (χ2v) is 8.07. The number of hydrogen-bond acceptors (Lipinski definition) is 7. The lowest BCUT2D eigenvalue weighted by molar-refractivity contribution is 0.248. The molecule has 0 aliphatic carbocycles. The zero-order valence-corrected chi connectivity index (χ0v) is 19.8. The number of nitriles is 1. The van der Waals surface area contributed by atoms with Gasteiger partial charge < -0.3 is 15.4 Å². The Labute approximate surface area is 210 Å². The van der Waals surface area contributed by atoms with Gasteiger partial charge in [-0.3, -0.25) is 0 Å². The standard InChI is InChI=1S/C23H18Cl2N8O2/c1-14(21-29-13-30-33(21)22-27-7-2-8-28-22)31-23(34)32-19-10-20(18(25)9-17(19)24)35-12-16-5-3-15(11-26)4-6-16/h2-10,13-14H,12H2,1H3,(H2,31,32,34). The van der Waals surface area contributed by atoms with Crippen LogP contribution in [-0.4, -0.2) is 30.8 Å². The van der Waals surface area contributed by atoms with Crippen LogP contribution in [0.5, 0.6) is 5.75 Å². The van der Waals surface area contributed by atoms with Crippen molar-refractivity contribution >= 4 is 34.9 Å². The van der Waals surface area contributed by atoms with Crippen LogP contribution in [0.1, 0.15) is 29.9 Å². The summed E-state index contributed by atoms with van der Waals surface area (Å²) in [5.74, 6) is 1.11. The van der Waals surface area contributed by atoms with Crippen molar-refractivity contribution in [3.8, 4) is 17.8 Å². The number of nitrogens with zero attached hydrogens (tertiary/aromatic N) is 6. The Morgan fingerprint density at radius 3 is 2.60 bits per heavy atom. The Balaban J connectivity index is 1.43. The fourth-order valence-corrected chi connectivity index (χ4v) is 3.58. The van der Waals surface area contributed by atoms with Crippen LogP contribution >= 0.6 is 23.2 Å². The minimum absolute atomic E-state index is 0.215. The molecule has 0 radical (unpaired) electrons. The Hall–Kier alpha value is -4.20. The zero-order chi connectivity index (χ0) is 24.8. The van der Waals surface area contributed by atoms with Gasteiger partial charge in [-0.15, -0.1) is 0 Å². The van der Waals surface area contributed by atoms with E-state index in [1.807, 2.05) is 0 Å². The van der Waals surface area contributed by atoms with Crippen LogP contribution in [0.25, 0.3) is 5.95 Å². The van der Waals surface area contributed by atoms with Crippen molar-refractivity contribution in [2.24, 2.45) is 0 Å². The molecule has 10 nitrogen and oxygen atoms in total. The van der Waals surface area contributed by atoms with Gasteiger partial charge in [-0.1, -0.05) is 35.3 Å². The van der Waals surface area contributed by atoms with Crippen LogP contribution in [0, 0.1) is 11.3 Å². The topological polar surface area (TPSA) is 131 Å². The highest BCUT2D eigenvalue weighted by molar-refractivity contribution is 6.37. The molecule has 2 aromatic heterocycles. The van der Waals surface area contributed by atoms with Crippen molar-refractivity contribution in [3.05, 3.63) is 88.2 Å². The van der Waals surface area contributed by atoms with Crippen molar-refractivity contribution in [1.82, 2.24) is 30.0 Å². The molecule has 0 saturated heterocycles. The molecule has 2 N–H and O–H groups in total. The first kappa shape index (κ1) is 23.9. The second-order valence-electron chi connectivity index (χ2n) is 7.26. The summed E-state index contributed by atoms with van der Waals surface area (Å²) in [6.45, 7) is 1.96. The van der Waals surface area contributed by atoms with Crippen LogP contribution in [0.4, 0.5) is 10.5 Å². The van der Waals surface area contributed by atoms with E-state index in [1.165, 1.54) is 17.1 Å². The maximum absolute atomic E-state index is 12.7. The first-order chi connectivity index (χ1) is 16.9. The van der Waals surface area contributed by atoms with Crippen LogP contribution in [-0.2, 0) is 6.61 Å². The van der Waals surface area contributed by atoms with Gasteiger partial charge in [-0.25, -0.2) is 19.7 Å². The van der Waals surface area contributed by atoms with E-state index < -0.39 is 12.1 Å². The number of aromatic nitrogens is 5. The quantitative estimate of drug-likeness (QED) is 0.369. The minimum Gasteiger partial charge on any atom is -0.487 e. The number of halogens is 2. The van der Waals surface area contributed by atoms with Gasteiger partial charge >= 0.3 is 6.03 Å². The number of nitrogens with one attached hydrogen (secondary N) is 2. The number of carbonyl (C=O) groups is 1. The fraction of sp³-hybridized carbons (Fsp3) is 0.130. The average molecular weight is 509 g/mol. The summed E-state index contributed by atoms with van der Waals surface area (Å²) in [6, 6.07) is 12.7. The number of benzene rings is 2. The number of urea groups is 1. The van der Waals surface area contributed by atoms with Gasteiger partial charge in [0.25, 0.3) is 5.95 Å². The highest BCUT2D eigenvalue weighted by atomic mass is 35.5. The summed E-state index contributed by atoms with van der Waals surface area (Å²) in [5.41, 5.74) is 1.71. The SMILES string of the molecule is CC(NC(=O)Nc1cc(OCc2ccc(C#N)cc2)c(Cl)cc1Cl)c1ncnn1-c1ncccn1. The van der Waals surface area contributed by atoms with E-state index >= 15 is 0 Å². The van der Waals surface area contributed by atoms with Gasteiger partial charge in [-0.05, 0) is 36.8 Å². The van der Waals surface area contributed by atoms with Gasteiger partial charge in [0.2, 0.25) is 0 Å². The van der Waals surface area contributed by atoms with Crippen molar-refractivity contribution in [2.45, 2.75) is 19.6 Å². The summed E-state index contributed by atoms with van der Waals surface area (Å²) in [4.78, 5) is 25.2. The second kappa shape index (κ2) is 10.8. The molecule has 0 aliphatic heterocycles. The Bertz CT molecular complexity index is 1370. The first-order valence-corrected chi connectivity index (χ1v) is 11.1. The average Bonchev–Trinajstić information content (AvgIpc) is 3.36. The monoisotopic (exact) mass is 508 g/mol. The number of rotatable bonds is 7. The number of hydrogen-bond donors (Lipinski definition) is 2. The third-order valence-corrected chi connectivity index (χ3v) is 5.41. The molecule has 0 spiro atoms. The molecule has 1 atom stereocenters. The summed E-state index contributed by atoms with van der Waals surface area (Å²) in [6.07, 6.45) is 4.53. The van der Waals surface area contributed by atoms with Crippen LogP contribution in [0.15, 0.2) is 61.2 Å². The molecule has 35 heavy (non-hydrogen) atoms. The van der Waals surface area contributed by atoms with Crippen molar-refractivity contribution < 1.29 is 9.53 Å². The number of anilines is 1. The van der Waals surface area contributed by atoms with E-state index in [2.05, 4.69) is 36.8 Å². The molecule has 1 unspecified atom stereocenters. The maximum atomic E-state index is 12.7. The molecule has 2 amide bonds. The molecule has 12 heteroatoms. The summed E-state index contributed by atoms with van der Waals surface area (Å²) in [5, 5.41) is 19.1. The summed E-state index contributed by atoms with van der Waals surface area (Å²) >= 11 is 12.6. The normalized spacial score (nSPS) is 11.4. The molecule has 4 rings (SSSR count). The first-order valence-electron chi connectivity index (χ1n) is 10.3. The number of ether oxygens (including phenoxy) is 1. The van der Waals surface area contributed by atoms with Crippen LogP contribution in [0.3, 0.4) is 0 Å². The smallest absolute Gasteiger partial charge is 0.319 e. The minimum atomic E-state index is -0.528. The highest BCUT2D eigenvalue weighted by Gasteiger charge is 2.19. The Morgan fingerprint density at radius 1 is 1.14 bits per heavy atom. The third-order valence-electron chi connectivity index (χ3n) is 4.80. The van der Waals surface area contributed by atoms with Crippen LogP contribution in [0.2, 0.25) is 10.0 Å². The van der Waals surface area contributed by atoms with Crippen LogP contribution < -0.4 is 15.4 Å². The maximum Gasteiger partial charge on any atom is 0.319 e. The van der Waals surface area contributed by atoms with Crippen molar-refractivity contribution in [3.63, 3.8) is 0 Å². The van der Waals surface area contributed by atoms with Gasteiger partial charge in [-0.2, -0.15) is 15.0 Å². The van der Waals surface area contributed by atoms with Gasteiger partial charge in [0.1, 0.15) is 18.7 Å². The molecule has 0 aliphatic rings. The van der Waals surface area contributed by atoms with E-state index in [0.29, 0.717) is 33.8 Å². The van der Waals surface area contributed by atoms with Gasteiger partial charge in [0.05, 0.1) is 33.4 Å². The zero-order valence-electron chi connectivity index (χ0n) is 18.3. The lowest BCUT2D eigenvalue weighted by Crippen LogP contribution is -2.32. The van der Waals surface area contributed by atoms with E-state index in [1.54, 1.807) is 55.7 Å². The molecule has 176 valence electrons. The third kappa shape index (κ3) is 5.84. The van der Waals surface area contributed by atoms with Crippen molar-refractivity contribution in [2.75, 3.05) is 5.32 Å². The fourth-order valence-electron chi connectivity index (χ4n) is 3.09. The molecule has 0 fully saturated rings. The number of amides is 2. The highest BCUT2D eigenvalue weighted by Crippen LogP contribution is 2.34. The van der Waals surface area contributed by atoms with E-state index in [4.69, 9.17) is 33.2 Å². The van der Waals surface area contributed by atoms with Crippen molar-refractivity contribution in [1.29, 1.82) is 5.26 Å². The van der Waals surface area contributed by atoms with E-state index in [-0.39, 0.29) is 11.6 Å². The molecular formula is C23H18Cl2N8O2. The molecule has 2 aromatic carbocycles. The largest absolute Gasteiger partial charge is 0.487 e. The number of carbonyl (C=O) groups excluding carboxylic acids is 1. The van der Waals surface area contributed by atoms with E-state index in [0.717, 1.165) is 5.56 Å². The summed E-state index contributed by atoms with van der Waals surface area (Å²) < 4.78 is 7.24. The molecule has 2 heterocycles. The lowest BCUT2D eigenvalue weighted by atomic mass is 10.1. The predicted octanol–water partition coefficient (Wildman–Crippen LogP) is 4.70. The molecular weight excluding hydrogens is 491 g/mol. The predicted molar refractivity (Wildman–Crippen MR) is 129 cm³/mol. The van der Waals surface area contributed by atoms with Gasteiger partial charge in [0, 0.05) is 18.5 Å². The van der Waals surface area contributed by atoms with E-state index in [9.17, 15) is 4.79 Å². The summed E-state index contributed by atoms with van der Waals surface area (Å²) in [7, 11) is 0. The van der Waals surface area contributed by atoms with Gasteiger partial charge in [0.15, 0.2) is 5.82 Å².